The van der Waals surface area contributed by atoms with Crippen LogP contribution in [0.1, 0.15) is 0 Å². The predicted octanol–water partition coefficient (Wildman–Crippen LogP) is 3.39. The summed E-state index contributed by atoms with van der Waals surface area (Å²) in [6.45, 7) is 0. The zero-order valence-corrected chi connectivity index (χ0v) is 13.9. The Morgan fingerprint density at radius 2 is 1.58 bits per heavy atom. The van der Waals surface area contributed by atoms with Crippen LogP contribution in [0.5, 0.6) is 0 Å². The molecule has 1 aromatic heterocycles. The lowest BCUT2D eigenvalue weighted by Crippen LogP contribution is -1.96. The summed E-state index contributed by atoms with van der Waals surface area (Å²) in [5.41, 5.74) is 7.33. The largest absolute Gasteiger partial charge is 0.369 e. The minimum atomic E-state index is -3.09. The third-order valence-electron chi connectivity index (χ3n) is 3.56. The molecule has 0 bridgehead atoms. The van der Waals surface area contributed by atoms with Gasteiger partial charge in [0.15, 0.2) is 15.8 Å². The van der Waals surface area contributed by atoms with Crippen molar-refractivity contribution in [3.63, 3.8) is 0 Å². The molecule has 0 saturated heterocycles. The standard InChI is InChI=1S/C11H10O2S.C7H7N3/c1-14(12,13)11-7-6-9-4-2-3-5-10(9)8-11;8-7-9-5-3-1-2-4-6(5)10-7/h2-8H,1H3;1-4H,(H3,8,9,10). The minimum Gasteiger partial charge on any atom is -0.369 e. The number of nitrogens with two attached hydrogens (primary N) is 1. The first kappa shape index (κ1) is 16.0. The quantitative estimate of drug-likeness (QED) is 0.556. The van der Waals surface area contributed by atoms with Gasteiger partial charge in [0, 0.05) is 6.26 Å². The second-order valence-corrected chi connectivity index (χ2v) is 7.44. The van der Waals surface area contributed by atoms with Gasteiger partial charge in [0.05, 0.1) is 15.9 Å². The number of aromatic nitrogens is 2. The lowest BCUT2D eigenvalue weighted by molar-refractivity contribution is 0.602. The summed E-state index contributed by atoms with van der Waals surface area (Å²) in [5.74, 6) is 0.473. The number of sulfone groups is 1. The van der Waals surface area contributed by atoms with Gasteiger partial charge in [0.1, 0.15) is 0 Å². The third kappa shape index (κ3) is 3.55. The number of nitrogen functional groups attached to an aromatic ring is 1. The van der Waals surface area contributed by atoms with Crippen molar-refractivity contribution < 1.29 is 8.42 Å². The van der Waals surface area contributed by atoms with Gasteiger partial charge in [-0.05, 0) is 35.0 Å². The average Bonchev–Trinajstić information content (AvgIpc) is 2.94. The third-order valence-corrected chi connectivity index (χ3v) is 4.67. The molecule has 122 valence electrons. The number of H-pyrrole nitrogens is 1. The number of hydrogen-bond acceptors (Lipinski definition) is 4. The van der Waals surface area contributed by atoms with Crippen LogP contribution < -0.4 is 5.73 Å². The normalized spacial score (nSPS) is 11.2. The molecule has 0 aliphatic heterocycles. The van der Waals surface area contributed by atoms with Crippen molar-refractivity contribution in [3.05, 3.63) is 66.7 Å². The average molecular weight is 339 g/mol. The Labute approximate surface area is 140 Å². The molecule has 0 radical (unpaired) electrons. The van der Waals surface area contributed by atoms with E-state index in [1.54, 1.807) is 12.1 Å². The summed E-state index contributed by atoms with van der Waals surface area (Å²) in [5, 5.41) is 2.01. The van der Waals surface area contributed by atoms with Crippen molar-refractivity contribution in [1.29, 1.82) is 0 Å². The highest BCUT2D eigenvalue weighted by Gasteiger charge is 2.06. The van der Waals surface area contributed by atoms with E-state index >= 15 is 0 Å². The minimum absolute atomic E-state index is 0.371. The zero-order valence-electron chi connectivity index (χ0n) is 13.1. The van der Waals surface area contributed by atoms with E-state index in [1.165, 1.54) is 6.26 Å². The molecule has 4 rings (SSSR count). The first-order chi connectivity index (χ1) is 11.4. The summed E-state index contributed by atoms with van der Waals surface area (Å²) in [7, 11) is -3.09. The summed E-state index contributed by atoms with van der Waals surface area (Å²) in [6, 6.07) is 20.6. The number of hydrogen-bond donors (Lipinski definition) is 2. The Balaban J connectivity index is 0.000000149. The maximum absolute atomic E-state index is 11.3. The number of aromatic amines is 1. The van der Waals surface area contributed by atoms with E-state index < -0.39 is 9.84 Å². The second kappa shape index (κ2) is 6.33. The van der Waals surface area contributed by atoms with Crippen LogP contribution in [0.2, 0.25) is 0 Å². The number of anilines is 1. The smallest absolute Gasteiger partial charge is 0.198 e. The second-order valence-electron chi connectivity index (χ2n) is 5.42. The lowest BCUT2D eigenvalue weighted by atomic mass is 10.1. The van der Waals surface area contributed by atoms with Crippen LogP contribution in [0.3, 0.4) is 0 Å². The highest BCUT2D eigenvalue weighted by atomic mass is 32.2. The van der Waals surface area contributed by atoms with Gasteiger partial charge in [-0.25, -0.2) is 13.4 Å². The number of nitrogens with one attached hydrogen (secondary N) is 1. The summed E-state index contributed by atoms with van der Waals surface area (Å²) in [6.07, 6.45) is 1.22. The van der Waals surface area contributed by atoms with Crippen molar-refractivity contribution in [2.75, 3.05) is 12.0 Å². The van der Waals surface area contributed by atoms with E-state index in [4.69, 9.17) is 5.73 Å². The Morgan fingerprint density at radius 1 is 0.917 bits per heavy atom. The van der Waals surface area contributed by atoms with E-state index in [-0.39, 0.29) is 0 Å². The maximum atomic E-state index is 11.3. The van der Waals surface area contributed by atoms with Crippen LogP contribution >= 0.6 is 0 Å². The number of benzene rings is 3. The molecular formula is C18H17N3O2S. The molecule has 0 amide bonds. The van der Waals surface area contributed by atoms with E-state index in [2.05, 4.69) is 9.97 Å². The van der Waals surface area contributed by atoms with Gasteiger partial charge in [-0.15, -0.1) is 0 Å². The number of nitrogens with zero attached hydrogens (tertiary/aromatic N) is 1. The first-order valence-corrected chi connectivity index (χ1v) is 9.22. The summed E-state index contributed by atoms with van der Waals surface area (Å²) in [4.78, 5) is 7.33. The Kier molecular flexibility index (Phi) is 4.22. The summed E-state index contributed by atoms with van der Waals surface area (Å²) >= 11 is 0. The Bertz CT molecular complexity index is 1070. The molecule has 6 heteroatoms. The molecule has 0 spiro atoms. The van der Waals surface area contributed by atoms with Gasteiger partial charge in [-0.2, -0.15) is 0 Å². The van der Waals surface area contributed by atoms with Gasteiger partial charge in [0.25, 0.3) is 0 Å². The molecule has 0 aliphatic carbocycles. The lowest BCUT2D eigenvalue weighted by Gasteiger charge is -2.00. The molecule has 1 heterocycles. The fourth-order valence-electron chi connectivity index (χ4n) is 2.37. The molecule has 4 aromatic rings. The number of imidazole rings is 1. The molecule has 0 unspecified atom stereocenters. The van der Waals surface area contributed by atoms with Gasteiger partial charge >= 0.3 is 0 Å². The Morgan fingerprint density at radius 3 is 2.29 bits per heavy atom. The highest BCUT2D eigenvalue weighted by molar-refractivity contribution is 7.90. The van der Waals surface area contributed by atoms with Crippen LogP contribution in [-0.4, -0.2) is 24.6 Å². The molecule has 0 aliphatic rings. The molecule has 5 nitrogen and oxygen atoms in total. The van der Waals surface area contributed by atoms with Crippen molar-refractivity contribution in [1.82, 2.24) is 9.97 Å². The predicted molar refractivity (Wildman–Crippen MR) is 97.6 cm³/mol. The van der Waals surface area contributed by atoms with Gasteiger partial charge in [-0.1, -0.05) is 42.5 Å². The van der Waals surface area contributed by atoms with Gasteiger partial charge < -0.3 is 10.7 Å². The van der Waals surface area contributed by atoms with Crippen molar-refractivity contribution in [2.45, 2.75) is 4.90 Å². The highest BCUT2D eigenvalue weighted by Crippen LogP contribution is 2.18. The fourth-order valence-corrected chi connectivity index (χ4v) is 3.03. The van der Waals surface area contributed by atoms with Gasteiger partial charge in [-0.3, -0.25) is 0 Å². The van der Waals surface area contributed by atoms with E-state index in [9.17, 15) is 8.42 Å². The molecular weight excluding hydrogens is 322 g/mol. The SMILES string of the molecule is CS(=O)(=O)c1ccc2ccccc2c1.Nc1nc2ccccc2[nH]1. The topological polar surface area (TPSA) is 88.8 Å². The molecule has 0 saturated carbocycles. The molecule has 3 N–H and O–H groups in total. The molecule has 3 aromatic carbocycles. The molecule has 0 fully saturated rings. The van der Waals surface area contributed by atoms with E-state index in [0.717, 1.165) is 21.8 Å². The first-order valence-electron chi connectivity index (χ1n) is 7.32. The zero-order chi connectivity index (χ0) is 17.2. The number of para-hydroxylation sites is 2. The van der Waals surface area contributed by atoms with Crippen molar-refractivity contribution in [3.8, 4) is 0 Å². The monoisotopic (exact) mass is 339 g/mol. The van der Waals surface area contributed by atoms with Crippen LogP contribution in [0.15, 0.2) is 71.6 Å². The van der Waals surface area contributed by atoms with Crippen LogP contribution in [0, 0.1) is 0 Å². The van der Waals surface area contributed by atoms with Crippen LogP contribution in [0.4, 0.5) is 5.95 Å². The van der Waals surface area contributed by atoms with Crippen molar-refractivity contribution in [2.24, 2.45) is 0 Å². The van der Waals surface area contributed by atoms with E-state index in [0.29, 0.717) is 10.8 Å². The van der Waals surface area contributed by atoms with Crippen LogP contribution in [0.25, 0.3) is 21.8 Å². The maximum Gasteiger partial charge on any atom is 0.198 e. The van der Waals surface area contributed by atoms with Crippen molar-refractivity contribution >= 4 is 37.6 Å². The number of fused-ring (bicyclic) bond motifs is 2. The summed E-state index contributed by atoms with van der Waals surface area (Å²) < 4.78 is 22.6. The fraction of sp³-hybridized carbons (Fsp3) is 0.0556. The molecule has 24 heavy (non-hydrogen) atoms. The van der Waals surface area contributed by atoms with Gasteiger partial charge in [0.2, 0.25) is 0 Å². The van der Waals surface area contributed by atoms with Crippen LogP contribution in [-0.2, 0) is 9.84 Å². The van der Waals surface area contributed by atoms with E-state index in [1.807, 2.05) is 54.6 Å². The Hall–Kier alpha value is -2.86. The molecule has 0 atom stereocenters. The number of rotatable bonds is 1.